The molecule has 1 aromatic heterocycles. The van der Waals surface area contributed by atoms with E-state index in [0.717, 1.165) is 11.3 Å². The van der Waals surface area contributed by atoms with Crippen molar-refractivity contribution in [3.05, 3.63) is 48.0 Å². The fourth-order valence-corrected chi connectivity index (χ4v) is 1.83. The number of halogens is 1. The highest BCUT2D eigenvalue weighted by Gasteiger charge is 2.11. The van der Waals surface area contributed by atoms with Crippen LogP contribution in [-0.2, 0) is 7.05 Å². The standard InChI is InChI=1S/C13H17FN4/c1-17(12-5-3-11(14)4-6-12)9-13(15)10-7-16-18(2)8-10/h3-8,13H,9,15H2,1-2H3. The van der Waals surface area contributed by atoms with Crippen LogP contribution >= 0.6 is 0 Å². The second-order valence-corrected chi connectivity index (χ2v) is 4.41. The van der Waals surface area contributed by atoms with E-state index in [1.165, 1.54) is 12.1 Å². The van der Waals surface area contributed by atoms with Crippen LogP contribution in [-0.4, -0.2) is 23.4 Å². The largest absolute Gasteiger partial charge is 0.373 e. The lowest BCUT2D eigenvalue weighted by molar-refractivity contribution is 0.627. The Morgan fingerprint density at radius 1 is 1.39 bits per heavy atom. The van der Waals surface area contributed by atoms with E-state index in [2.05, 4.69) is 5.10 Å². The summed E-state index contributed by atoms with van der Waals surface area (Å²) in [6.45, 7) is 0.650. The van der Waals surface area contributed by atoms with E-state index in [1.807, 2.05) is 25.2 Å². The molecule has 2 aromatic rings. The summed E-state index contributed by atoms with van der Waals surface area (Å²) < 4.78 is 14.6. The number of aryl methyl sites for hydroxylation is 1. The van der Waals surface area contributed by atoms with Crippen LogP contribution in [0.25, 0.3) is 0 Å². The Hall–Kier alpha value is -1.88. The second-order valence-electron chi connectivity index (χ2n) is 4.41. The molecule has 0 fully saturated rings. The first kappa shape index (κ1) is 12.6. The van der Waals surface area contributed by atoms with Gasteiger partial charge in [0.15, 0.2) is 0 Å². The van der Waals surface area contributed by atoms with E-state index in [0.29, 0.717) is 6.54 Å². The zero-order chi connectivity index (χ0) is 13.1. The summed E-state index contributed by atoms with van der Waals surface area (Å²) >= 11 is 0. The molecular weight excluding hydrogens is 231 g/mol. The molecule has 0 radical (unpaired) electrons. The van der Waals surface area contributed by atoms with Gasteiger partial charge in [-0.1, -0.05) is 0 Å². The summed E-state index contributed by atoms with van der Waals surface area (Å²) in [6.07, 6.45) is 3.67. The first-order valence-electron chi connectivity index (χ1n) is 5.77. The Kier molecular flexibility index (Phi) is 3.62. The number of nitrogens with zero attached hydrogens (tertiary/aromatic N) is 3. The van der Waals surface area contributed by atoms with Gasteiger partial charge in [0.1, 0.15) is 5.82 Å². The van der Waals surface area contributed by atoms with Crippen molar-refractivity contribution in [2.24, 2.45) is 12.8 Å². The smallest absolute Gasteiger partial charge is 0.123 e. The number of likely N-dealkylation sites (N-methyl/N-ethyl adjacent to an activating group) is 1. The Morgan fingerprint density at radius 2 is 2.06 bits per heavy atom. The summed E-state index contributed by atoms with van der Waals surface area (Å²) in [7, 11) is 3.80. The van der Waals surface area contributed by atoms with E-state index in [4.69, 9.17) is 5.73 Å². The van der Waals surface area contributed by atoms with Crippen molar-refractivity contribution in [1.29, 1.82) is 0 Å². The van der Waals surface area contributed by atoms with Crippen molar-refractivity contribution in [3.63, 3.8) is 0 Å². The number of anilines is 1. The zero-order valence-electron chi connectivity index (χ0n) is 10.5. The molecule has 1 unspecified atom stereocenters. The normalized spacial score (nSPS) is 12.4. The molecule has 0 spiro atoms. The van der Waals surface area contributed by atoms with Gasteiger partial charge in [-0.25, -0.2) is 4.39 Å². The van der Waals surface area contributed by atoms with E-state index in [-0.39, 0.29) is 11.9 Å². The molecule has 0 aliphatic heterocycles. The molecule has 2 rings (SSSR count). The van der Waals surface area contributed by atoms with Crippen molar-refractivity contribution >= 4 is 5.69 Å². The summed E-state index contributed by atoms with van der Waals surface area (Å²) in [5.41, 5.74) is 8.04. The number of aromatic nitrogens is 2. The van der Waals surface area contributed by atoms with Crippen molar-refractivity contribution in [1.82, 2.24) is 9.78 Å². The summed E-state index contributed by atoms with van der Waals surface area (Å²) in [4.78, 5) is 2.00. The summed E-state index contributed by atoms with van der Waals surface area (Å²) in [5.74, 6) is -0.233. The van der Waals surface area contributed by atoms with Crippen LogP contribution in [0.4, 0.5) is 10.1 Å². The van der Waals surface area contributed by atoms with Crippen LogP contribution in [0, 0.1) is 5.82 Å². The Morgan fingerprint density at radius 3 is 2.61 bits per heavy atom. The molecule has 1 atom stereocenters. The molecule has 0 amide bonds. The third-order valence-electron chi connectivity index (χ3n) is 2.89. The molecule has 1 aromatic carbocycles. The molecule has 0 aliphatic carbocycles. The summed E-state index contributed by atoms with van der Waals surface area (Å²) in [6, 6.07) is 6.26. The van der Waals surface area contributed by atoms with Gasteiger partial charge in [-0.15, -0.1) is 0 Å². The minimum absolute atomic E-state index is 0.117. The van der Waals surface area contributed by atoms with Crippen molar-refractivity contribution < 1.29 is 4.39 Å². The monoisotopic (exact) mass is 248 g/mol. The number of hydrogen-bond acceptors (Lipinski definition) is 3. The van der Waals surface area contributed by atoms with Gasteiger partial charge in [0.2, 0.25) is 0 Å². The van der Waals surface area contributed by atoms with Crippen LogP contribution in [0.3, 0.4) is 0 Å². The average molecular weight is 248 g/mol. The number of benzene rings is 1. The number of hydrogen-bond donors (Lipinski definition) is 1. The fraction of sp³-hybridized carbons (Fsp3) is 0.308. The molecule has 0 saturated heterocycles. The maximum atomic E-state index is 12.8. The molecular formula is C13H17FN4. The Bertz CT molecular complexity index is 506. The van der Waals surface area contributed by atoms with E-state index in [1.54, 1.807) is 23.0 Å². The van der Waals surface area contributed by atoms with Gasteiger partial charge in [0.25, 0.3) is 0 Å². The highest BCUT2D eigenvalue weighted by molar-refractivity contribution is 5.45. The Balaban J connectivity index is 2.02. The molecule has 96 valence electrons. The quantitative estimate of drug-likeness (QED) is 0.895. The SMILES string of the molecule is CN(CC(N)c1cnn(C)c1)c1ccc(F)cc1. The first-order chi connectivity index (χ1) is 8.56. The fourth-order valence-electron chi connectivity index (χ4n) is 1.83. The third-order valence-corrected chi connectivity index (χ3v) is 2.89. The van der Waals surface area contributed by atoms with E-state index < -0.39 is 0 Å². The molecule has 5 heteroatoms. The van der Waals surface area contributed by atoms with Crippen LogP contribution in [0.2, 0.25) is 0 Å². The van der Waals surface area contributed by atoms with Crippen molar-refractivity contribution in [2.45, 2.75) is 6.04 Å². The molecule has 0 saturated carbocycles. The number of nitrogens with two attached hydrogens (primary N) is 1. The van der Waals surface area contributed by atoms with Crippen LogP contribution < -0.4 is 10.6 Å². The van der Waals surface area contributed by atoms with Crippen molar-refractivity contribution in [3.8, 4) is 0 Å². The number of rotatable bonds is 4. The molecule has 0 bridgehead atoms. The highest BCUT2D eigenvalue weighted by atomic mass is 19.1. The minimum atomic E-state index is -0.233. The summed E-state index contributed by atoms with van der Waals surface area (Å²) in [5, 5.41) is 4.10. The molecule has 0 aliphatic rings. The lowest BCUT2D eigenvalue weighted by Crippen LogP contribution is -2.28. The van der Waals surface area contributed by atoms with E-state index in [9.17, 15) is 4.39 Å². The lowest BCUT2D eigenvalue weighted by Gasteiger charge is -2.22. The van der Waals surface area contributed by atoms with Crippen molar-refractivity contribution in [2.75, 3.05) is 18.5 Å². The van der Waals surface area contributed by atoms with Gasteiger partial charge in [-0.2, -0.15) is 5.10 Å². The van der Waals surface area contributed by atoms with Gasteiger partial charge < -0.3 is 10.6 Å². The van der Waals surface area contributed by atoms with Gasteiger partial charge in [0, 0.05) is 38.1 Å². The zero-order valence-corrected chi connectivity index (χ0v) is 10.5. The molecule has 4 nitrogen and oxygen atoms in total. The van der Waals surface area contributed by atoms with E-state index >= 15 is 0 Å². The lowest BCUT2D eigenvalue weighted by atomic mass is 10.1. The maximum absolute atomic E-state index is 12.8. The highest BCUT2D eigenvalue weighted by Crippen LogP contribution is 2.17. The topological polar surface area (TPSA) is 47.1 Å². The molecule has 18 heavy (non-hydrogen) atoms. The third kappa shape index (κ3) is 2.87. The van der Waals surface area contributed by atoms with Crippen LogP contribution in [0.15, 0.2) is 36.7 Å². The second kappa shape index (κ2) is 5.18. The Labute approximate surface area is 106 Å². The van der Waals surface area contributed by atoms with Gasteiger partial charge in [-0.05, 0) is 24.3 Å². The molecule has 2 N–H and O–H groups in total. The predicted molar refractivity (Wildman–Crippen MR) is 69.8 cm³/mol. The van der Waals surface area contributed by atoms with Gasteiger partial charge in [-0.3, -0.25) is 4.68 Å². The van der Waals surface area contributed by atoms with Gasteiger partial charge in [0.05, 0.1) is 12.2 Å². The first-order valence-corrected chi connectivity index (χ1v) is 5.77. The van der Waals surface area contributed by atoms with Crippen LogP contribution in [0.5, 0.6) is 0 Å². The molecule has 1 heterocycles. The average Bonchev–Trinajstić information content (AvgIpc) is 2.76. The van der Waals surface area contributed by atoms with Crippen LogP contribution in [0.1, 0.15) is 11.6 Å². The van der Waals surface area contributed by atoms with Gasteiger partial charge >= 0.3 is 0 Å². The predicted octanol–water partition coefficient (Wildman–Crippen LogP) is 1.70. The minimum Gasteiger partial charge on any atom is -0.373 e. The maximum Gasteiger partial charge on any atom is 0.123 e.